The predicted octanol–water partition coefficient (Wildman–Crippen LogP) is 4.33. The Morgan fingerprint density at radius 1 is 1.03 bits per heavy atom. The number of fused-ring (bicyclic) bond motifs is 1. The highest BCUT2D eigenvalue weighted by atomic mass is 35.5. The van der Waals surface area contributed by atoms with Crippen molar-refractivity contribution in [3.63, 3.8) is 0 Å². The molecule has 0 fully saturated rings. The molecule has 0 aliphatic rings. The lowest BCUT2D eigenvalue weighted by molar-refractivity contribution is -0.137. The first-order chi connectivity index (χ1) is 16.8. The number of aliphatic carboxylic acids is 1. The third kappa shape index (κ3) is 5.06. The zero-order valence-corrected chi connectivity index (χ0v) is 20.3. The van der Waals surface area contributed by atoms with Crippen LogP contribution in [0.25, 0.3) is 10.1 Å². The standard InChI is InChI=1S/C25H22ClN3O5S/c1-2-11-27-19-20(22(31)21(19)30)28-16(25(33)34)12-13-7-9-14(10-8-13)23(32)29-24-18(26)15-5-3-4-6-17(15)35-24/h3-10,16,27-28H,2,11-12H2,1H3,(H,29,32)(H,33,34)/t16-/m0/s1. The van der Waals surface area contributed by atoms with Gasteiger partial charge >= 0.3 is 5.97 Å². The van der Waals surface area contributed by atoms with Crippen LogP contribution >= 0.6 is 22.9 Å². The van der Waals surface area contributed by atoms with Crippen molar-refractivity contribution in [3.8, 4) is 0 Å². The van der Waals surface area contributed by atoms with Crippen LogP contribution < -0.4 is 26.8 Å². The van der Waals surface area contributed by atoms with Gasteiger partial charge in [-0.1, -0.05) is 48.9 Å². The van der Waals surface area contributed by atoms with E-state index in [9.17, 15) is 24.3 Å². The van der Waals surface area contributed by atoms with Crippen molar-refractivity contribution in [3.05, 3.63) is 85.1 Å². The Balaban J connectivity index is 1.44. The van der Waals surface area contributed by atoms with Gasteiger partial charge in [0.25, 0.3) is 16.8 Å². The minimum Gasteiger partial charge on any atom is -0.480 e. The third-order valence-corrected chi connectivity index (χ3v) is 7.09. The average molecular weight is 512 g/mol. The molecule has 4 aromatic rings. The molecule has 1 amide bonds. The number of carboxylic acids is 1. The van der Waals surface area contributed by atoms with Gasteiger partial charge in [-0.2, -0.15) is 0 Å². The molecule has 1 aromatic heterocycles. The second kappa shape index (κ2) is 10.3. The van der Waals surface area contributed by atoms with Crippen molar-refractivity contribution in [2.75, 3.05) is 22.5 Å². The molecule has 3 aromatic carbocycles. The van der Waals surface area contributed by atoms with E-state index in [1.165, 1.54) is 11.3 Å². The van der Waals surface area contributed by atoms with Crippen molar-refractivity contribution in [1.82, 2.24) is 0 Å². The Labute approximate surface area is 209 Å². The normalized spacial score (nSPS) is 11.9. The Hall–Kier alpha value is -3.69. The van der Waals surface area contributed by atoms with E-state index in [0.717, 1.165) is 16.5 Å². The molecule has 0 aliphatic carbocycles. The smallest absolute Gasteiger partial charge is 0.326 e. The lowest BCUT2D eigenvalue weighted by Crippen LogP contribution is -2.42. The van der Waals surface area contributed by atoms with Gasteiger partial charge in [0.05, 0.1) is 5.02 Å². The molecule has 35 heavy (non-hydrogen) atoms. The molecule has 0 saturated carbocycles. The number of nitrogens with one attached hydrogen (secondary N) is 3. The Kier molecular flexibility index (Phi) is 7.18. The van der Waals surface area contributed by atoms with Gasteiger partial charge < -0.3 is 21.1 Å². The van der Waals surface area contributed by atoms with Crippen LogP contribution in [-0.4, -0.2) is 29.6 Å². The third-order valence-electron chi connectivity index (χ3n) is 5.50. The minimum atomic E-state index is -1.17. The fraction of sp³-hybridized carbons (Fsp3) is 0.200. The van der Waals surface area contributed by atoms with E-state index in [2.05, 4.69) is 16.0 Å². The first-order valence-electron chi connectivity index (χ1n) is 10.9. The first kappa shape index (κ1) is 24.4. The van der Waals surface area contributed by atoms with Crippen LogP contribution in [0.15, 0.2) is 58.1 Å². The molecule has 8 nitrogen and oxygen atoms in total. The highest BCUT2D eigenvalue weighted by molar-refractivity contribution is 7.23. The SMILES string of the molecule is CCCNc1c(N[C@@H](Cc2ccc(C(=O)Nc3sc4ccccc4c3Cl)cc2)C(=O)O)c(=O)c1=O. The molecule has 1 atom stereocenters. The number of hydrogen-bond donors (Lipinski definition) is 4. The van der Waals surface area contributed by atoms with Gasteiger partial charge in [-0.3, -0.25) is 14.4 Å². The van der Waals surface area contributed by atoms with Gasteiger partial charge in [-0.05, 0) is 30.2 Å². The fourth-order valence-corrected chi connectivity index (χ4v) is 4.99. The largest absolute Gasteiger partial charge is 0.480 e. The van der Waals surface area contributed by atoms with Crippen molar-refractivity contribution >= 4 is 61.3 Å². The number of halogens is 1. The maximum absolute atomic E-state index is 12.7. The Bertz CT molecular complexity index is 1470. The summed E-state index contributed by atoms with van der Waals surface area (Å²) in [5.41, 5.74) is -0.248. The average Bonchev–Trinajstić information content (AvgIpc) is 3.17. The monoisotopic (exact) mass is 511 g/mol. The predicted molar refractivity (Wildman–Crippen MR) is 140 cm³/mol. The van der Waals surface area contributed by atoms with Crippen LogP contribution in [0, 0.1) is 0 Å². The number of hydrogen-bond acceptors (Lipinski definition) is 7. The lowest BCUT2D eigenvalue weighted by Gasteiger charge is -2.19. The van der Waals surface area contributed by atoms with E-state index in [1.54, 1.807) is 24.3 Å². The number of amides is 1. The van der Waals surface area contributed by atoms with Crippen LogP contribution in [-0.2, 0) is 11.2 Å². The first-order valence-corrected chi connectivity index (χ1v) is 12.1. The van der Waals surface area contributed by atoms with Crippen LogP contribution in [0.2, 0.25) is 5.02 Å². The molecule has 0 radical (unpaired) electrons. The van der Waals surface area contributed by atoms with Gasteiger partial charge in [0.15, 0.2) is 0 Å². The highest BCUT2D eigenvalue weighted by Crippen LogP contribution is 2.39. The number of thiophene rings is 1. The zero-order valence-electron chi connectivity index (χ0n) is 18.7. The van der Waals surface area contributed by atoms with Crippen molar-refractivity contribution in [1.29, 1.82) is 0 Å². The summed E-state index contributed by atoms with van der Waals surface area (Å²) in [6.45, 7) is 2.40. The summed E-state index contributed by atoms with van der Waals surface area (Å²) in [4.78, 5) is 48.2. The summed E-state index contributed by atoms with van der Waals surface area (Å²) in [6.07, 6.45) is 0.793. The van der Waals surface area contributed by atoms with Gasteiger partial charge in [0.1, 0.15) is 22.4 Å². The van der Waals surface area contributed by atoms with Gasteiger partial charge in [0, 0.05) is 28.6 Å². The van der Waals surface area contributed by atoms with Crippen molar-refractivity contribution in [2.24, 2.45) is 0 Å². The van der Waals surface area contributed by atoms with E-state index in [-0.39, 0.29) is 23.7 Å². The van der Waals surface area contributed by atoms with E-state index in [4.69, 9.17) is 11.6 Å². The highest BCUT2D eigenvalue weighted by Gasteiger charge is 2.26. The molecule has 0 unspecified atom stereocenters. The van der Waals surface area contributed by atoms with Gasteiger partial charge in [-0.25, -0.2) is 4.79 Å². The summed E-state index contributed by atoms with van der Waals surface area (Å²) in [5.74, 6) is -1.51. The van der Waals surface area contributed by atoms with Gasteiger partial charge in [-0.15, -0.1) is 11.3 Å². The van der Waals surface area contributed by atoms with Crippen molar-refractivity contribution < 1.29 is 14.7 Å². The molecular weight excluding hydrogens is 490 g/mol. The maximum Gasteiger partial charge on any atom is 0.326 e. The summed E-state index contributed by atoms with van der Waals surface area (Å²) in [6, 6.07) is 12.9. The Morgan fingerprint density at radius 2 is 1.71 bits per heavy atom. The second-order valence-corrected chi connectivity index (χ2v) is 9.40. The molecule has 1 heterocycles. The topological polar surface area (TPSA) is 125 Å². The molecule has 0 bridgehead atoms. The van der Waals surface area contributed by atoms with Crippen molar-refractivity contribution in [2.45, 2.75) is 25.8 Å². The van der Waals surface area contributed by atoms with E-state index in [0.29, 0.717) is 27.7 Å². The molecule has 10 heteroatoms. The van der Waals surface area contributed by atoms with Gasteiger partial charge in [0.2, 0.25) is 0 Å². The Morgan fingerprint density at radius 3 is 2.37 bits per heavy atom. The number of carbonyl (C=O) groups excluding carboxylic acids is 1. The molecular formula is C25H22ClN3O5S. The van der Waals surface area contributed by atoms with E-state index >= 15 is 0 Å². The molecule has 0 aliphatic heterocycles. The minimum absolute atomic E-state index is 0.00735. The number of carbonyl (C=O) groups is 2. The molecule has 4 N–H and O–H groups in total. The number of rotatable bonds is 10. The molecule has 0 spiro atoms. The quantitative estimate of drug-likeness (QED) is 0.233. The maximum atomic E-state index is 12.7. The van der Waals surface area contributed by atoms with Crippen LogP contribution in [0.1, 0.15) is 29.3 Å². The zero-order chi connectivity index (χ0) is 25.1. The summed E-state index contributed by atoms with van der Waals surface area (Å²) in [5, 5.41) is 19.9. The lowest BCUT2D eigenvalue weighted by atomic mass is 10.0. The number of benzene rings is 2. The number of anilines is 3. The second-order valence-electron chi connectivity index (χ2n) is 7.97. The molecule has 4 rings (SSSR count). The number of carboxylic acid groups (broad SMARTS) is 1. The van der Waals surface area contributed by atoms with Crippen LogP contribution in [0.5, 0.6) is 0 Å². The fourth-order valence-electron chi connectivity index (χ4n) is 3.62. The molecule has 180 valence electrons. The van der Waals surface area contributed by atoms with E-state index < -0.39 is 22.9 Å². The summed E-state index contributed by atoms with van der Waals surface area (Å²) < 4.78 is 0.963. The summed E-state index contributed by atoms with van der Waals surface area (Å²) >= 11 is 7.78. The molecule has 0 saturated heterocycles. The van der Waals surface area contributed by atoms with Crippen LogP contribution in [0.4, 0.5) is 16.4 Å². The summed E-state index contributed by atoms with van der Waals surface area (Å²) in [7, 11) is 0. The van der Waals surface area contributed by atoms with Crippen LogP contribution in [0.3, 0.4) is 0 Å². The van der Waals surface area contributed by atoms with E-state index in [1.807, 2.05) is 31.2 Å².